The molecule has 0 amide bonds. The third-order valence-electron chi connectivity index (χ3n) is 4.77. The first-order valence-corrected chi connectivity index (χ1v) is 8.75. The van der Waals surface area contributed by atoms with Gasteiger partial charge in [0.2, 0.25) is 5.89 Å². The molecular weight excluding hydrogens is 419 g/mol. The molecule has 2 aliphatic rings. The maximum absolute atomic E-state index is 5.14. The maximum Gasteiger partial charge on any atom is 0.228 e. The fourth-order valence-corrected chi connectivity index (χ4v) is 3.57. The van der Waals surface area contributed by atoms with Gasteiger partial charge < -0.3 is 14.7 Å². The lowest BCUT2D eigenvalue weighted by molar-refractivity contribution is 0.168. The number of aromatic nitrogens is 2. The van der Waals surface area contributed by atoms with Crippen molar-refractivity contribution in [3.63, 3.8) is 0 Å². The topological polar surface area (TPSA) is 69.8 Å². The summed E-state index contributed by atoms with van der Waals surface area (Å²) in [5, 5.41) is 7.24. The number of aryl methyl sites for hydroxylation is 1. The van der Waals surface area contributed by atoms with Crippen molar-refractivity contribution in [3.05, 3.63) is 11.7 Å². The van der Waals surface area contributed by atoms with E-state index in [0.29, 0.717) is 17.8 Å². The van der Waals surface area contributed by atoms with Gasteiger partial charge in [-0.3, -0.25) is 9.89 Å². The van der Waals surface area contributed by atoms with Gasteiger partial charge in [-0.25, -0.2) is 0 Å². The Morgan fingerprint density at radius 2 is 2.08 bits per heavy atom. The van der Waals surface area contributed by atoms with Crippen LogP contribution in [0.2, 0.25) is 0 Å². The highest BCUT2D eigenvalue weighted by molar-refractivity contribution is 14.0. The molecule has 2 aliphatic heterocycles. The zero-order chi connectivity index (χ0) is 16.1. The van der Waals surface area contributed by atoms with E-state index in [9.17, 15) is 0 Å². The van der Waals surface area contributed by atoms with Crippen molar-refractivity contribution in [3.8, 4) is 0 Å². The number of rotatable bonds is 4. The highest BCUT2D eigenvalue weighted by atomic mass is 127. The molecule has 0 aromatic carbocycles. The van der Waals surface area contributed by atoms with Gasteiger partial charge in [0.15, 0.2) is 11.8 Å². The van der Waals surface area contributed by atoms with E-state index in [1.807, 2.05) is 14.0 Å². The molecule has 2 saturated heterocycles. The number of likely N-dealkylation sites (tertiary alicyclic amines) is 2. The summed E-state index contributed by atoms with van der Waals surface area (Å²) in [5.74, 6) is 2.35. The number of guanidine groups is 1. The average Bonchev–Trinajstić information content (AvgIpc) is 3.22. The Hall–Kier alpha value is -0.900. The summed E-state index contributed by atoms with van der Waals surface area (Å²) in [5.41, 5.74) is 0. The van der Waals surface area contributed by atoms with Gasteiger partial charge in [-0.1, -0.05) is 11.6 Å². The summed E-state index contributed by atoms with van der Waals surface area (Å²) < 4.78 is 5.14. The van der Waals surface area contributed by atoms with Crippen LogP contribution < -0.4 is 5.32 Å². The number of nitrogens with one attached hydrogen (secondary N) is 1. The highest BCUT2D eigenvalue weighted by Gasteiger charge is 2.29. The predicted molar refractivity (Wildman–Crippen MR) is 105 cm³/mol. The average molecular weight is 448 g/mol. The van der Waals surface area contributed by atoms with Gasteiger partial charge in [-0.15, -0.1) is 24.0 Å². The lowest BCUT2D eigenvalue weighted by Gasteiger charge is -2.32. The molecular formula is C16H29IN6O. The molecule has 24 heavy (non-hydrogen) atoms. The molecule has 3 rings (SSSR count). The van der Waals surface area contributed by atoms with Gasteiger partial charge in [0.05, 0.1) is 0 Å². The van der Waals surface area contributed by atoms with Crippen LogP contribution in [0.5, 0.6) is 0 Å². The molecule has 136 valence electrons. The Morgan fingerprint density at radius 1 is 1.29 bits per heavy atom. The van der Waals surface area contributed by atoms with E-state index in [4.69, 9.17) is 4.52 Å². The first kappa shape index (κ1) is 19.4. The van der Waals surface area contributed by atoms with E-state index in [1.165, 1.54) is 38.8 Å². The second kappa shape index (κ2) is 9.55. The molecule has 7 nitrogen and oxygen atoms in total. The first-order valence-electron chi connectivity index (χ1n) is 8.75. The Balaban J connectivity index is 0.00000208. The summed E-state index contributed by atoms with van der Waals surface area (Å²) in [6.07, 6.45) is 6.07. The van der Waals surface area contributed by atoms with E-state index in [-0.39, 0.29) is 24.0 Å². The zero-order valence-electron chi connectivity index (χ0n) is 14.7. The van der Waals surface area contributed by atoms with E-state index in [2.05, 4.69) is 30.2 Å². The lowest BCUT2D eigenvalue weighted by atomic mass is 10.1. The molecule has 0 saturated carbocycles. The minimum absolute atomic E-state index is 0. The summed E-state index contributed by atoms with van der Waals surface area (Å²) in [7, 11) is 1.85. The largest absolute Gasteiger partial charge is 0.356 e. The summed E-state index contributed by atoms with van der Waals surface area (Å²) >= 11 is 0. The van der Waals surface area contributed by atoms with Crippen LogP contribution in [-0.4, -0.2) is 71.7 Å². The molecule has 1 unspecified atom stereocenters. The smallest absolute Gasteiger partial charge is 0.228 e. The SMILES string of the molecule is CN=C(NCCc1nc(C)no1)N1CCC(N2CCCCC2)C1.I. The van der Waals surface area contributed by atoms with Crippen molar-refractivity contribution < 1.29 is 4.52 Å². The second-order valence-corrected chi connectivity index (χ2v) is 6.44. The predicted octanol–water partition coefficient (Wildman–Crippen LogP) is 1.67. The van der Waals surface area contributed by atoms with E-state index < -0.39 is 0 Å². The van der Waals surface area contributed by atoms with Crippen LogP contribution in [0.1, 0.15) is 37.4 Å². The fourth-order valence-electron chi connectivity index (χ4n) is 3.57. The number of hydrogen-bond acceptors (Lipinski definition) is 5. The molecule has 0 radical (unpaired) electrons. The quantitative estimate of drug-likeness (QED) is 0.430. The van der Waals surface area contributed by atoms with E-state index in [0.717, 1.165) is 32.0 Å². The Bertz CT molecular complexity index is 528. The van der Waals surface area contributed by atoms with Gasteiger partial charge in [0.1, 0.15) is 0 Å². The van der Waals surface area contributed by atoms with E-state index >= 15 is 0 Å². The molecule has 8 heteroatoms. The van der Waals surface area contributed by atoms with Crippen LogP contribution in [0.15, 0.2) is 9.52 Å². The Labute approximate surface area is 161 Å². The Kier molecular flexibility index (Phi) is 7.73. The third kappa shape index (κ3) is 5.05. The molecule has 1 aromatic heterocycles. The van der Waals surface area contributed by atoms with Gasteiger partial charge in [0.25, 0.3) is 0 Å². The number of aliphatic imine (C=N–C) groups is 1. The minimum Gasteiger partial charge on any atom is -0.356 e. The number of nitrogens with zero attached hydrogens (tertiary/aromatic N) is 5. The van der Waals surface area contributed by atoms with Crippen LogP contribution in [0.25, 0.3) is 0 Å². The normalized spacial score (nSPS) is 22.5. The van der Waals surface area contributed by atoms with Crippen LogP contribution in [-0.2, 0) is 6.42 Å². The maximum atomic E-state index is 5.14. The van der Waals surface area contributed by atoms with Crippen molar-refractivity contribution in [2.75, 3.05) is 39.8 Å². The monoisotopic (exact) mass is 448 g/mol. The molecule has 1 atom stereocenters. The van der Waals surface area contributed by atoms with Crippen LogP contribution >= 0.6 is 24.0 Å². The number of halogens is 1. The minimum atomic E-state index is 0. The van der Waals surface area contributed by atoms with E-state index in [1.54, 1.807) is 0 Å². The lowest BCUT2D eigenvalue weighted by Crippen LogP contribution is -2.44. The van der Waals surface area contributed by atoms with Gasteiger partial charge >= 0.3 is 0 Å². The van der Waals surface area contributed by atoms with Gasteiger partial charge in [0, 0.05) is 39.1 Å². The molecule has 0 bridgehead atoms. The zero-order valence-corrected chi connectivity index (χ0v) is 17.0. The van der Waals surface area contributed by atoms with Gasteiger partial charge in [-0.2, -0.15) is 4.98 Å². The third-order valence-corrected chi connectivity index (χ3v) is 4.77. The molecule has 0 aliphatic carbocycles. The van der Waals surface area contributed by atoms with Crippen LogP contribution in [0.3, 0.4) is 0 Å². The van der Waals surface area contributed by atoms with Gasteiger partial charge in [-0.05, 0) is 39.3 Å². The number of hydrogen-bond donors (Lipinski definition) is 1. The summed E-state index contributed by atoms with van der Waals surface area (Å²) in [6, 6.07) is 0.687. The molecule has 0 spiro atoms. The Morgan fingerprint density at radius 3 is 2.75 bits per heavy atom. The van der Waals surface area contributed by atoms with Crippen LogP contribution in [0, 0.1) is 6.92 Å². The summed E-state index contributed by atoms with van der Waals surface area (Å²) in [4.78, 5) is 13.7. The molecule has 3 heterocycles. The fraction of sp³-hybridized carbons (Fsp3) is 0.812. The highest BCUT2D eigenvalue weighted by Crippen LogP contribution is 2.20. The second-order valence-electron chi connectivity index (χ2n) is 6.44. The molecule has 1 aromatic rings. The summed E-state index contributed by atoms with van der Waals surface area (Å²) in [6.45, 7) is 7.30. The number of piperidine rings is 1. The van der Waals surface area contributed by atoms with Crippen molar-refractivity contribution in [1.82, 2.24) is 25.3 Å². The van der Waals surface area contributed by atoms with Crippen molar-refractivity contribution in [1.29, 1.82) is 0 Å². The van der Waals surface area contributed by atoms with Crippen molar-refractivity contribution in [2.24, 2.45) is 4.99 Å². The molecule has 1 N–H and O–H groups in total. The van der Waals surface area contributed by atoms with Crippen molar-refractivity contribution >= 4 is 29.9 Å². The van der Waals surface area contributed by atoms with Crippen molar-refractivity contribution in [2.45, 2.75) is 45.1 Å². The van der Waals surface area contributed by atoms with Crippen LogP contribution in [0.4, 0.5) is 0 Å². The standard InChI is InChI=1S/C16H28N6O.HI/c1-13-19-15(23-20-13)6-8-18-16(17-2)22-11-7-14(12-22)21-9-4-3-5-10-21;/h14H,3-12H2,1-2H3,(H,17,18);1H. The first-order chi connectivity index (χ1) is 11.3. The molecule has 2 fully saturated rings.